The number of aromatic nitrogens is 3. The van der Waals surface area contributed by atoms with E-state index in [-0.39, 0.29) is 11.5 Å². The van der Waals surface area contributed by atoms with E-state index in [4.69, 9.17) is 0 Å². The lowest BCUT2D eigenvalue weighted by Gasteiger charge is -1.96. The topological polar surface area (TPSA) is 114 Å². The number of imidazole rings is 1. The molecule has 24 heavy (non-hydrogen) atoms. The number of nitrogens with zero attached hydrogens (tertiary/aromatic N) is 3. The van der Waals surface area contributed by atoms with Crippen LogP contribution in [0.5, 0.6) is 0 Å². The van der Waals surface area contributed by atoms with Gasteiger partial charge in [-0.1, -0.05) is 23.5 Å². The van der Waals surface area contributed by atoms with Crippen LogP contribution in [0.2, 0.25) is 0 Å². The SMILES string of the molecule is O=C(Nc1nc2ccc([N+](=O)[O-])cc2s1)c1nc2ccccc2[nH]1. The second-order valence-corrected chi connectivity index (χ2v) is 6.02. The van der Waals surface area contributed by atoms with Crippen molar-refractivity contribution in [2.45, 2.75) is 0 Å². The Balaban J connectivity index is 1.63. The standard InChI is InChI=1S/C15H9N5O3S/c21-14(13-16-9-3-1-2-4-10(9)17-13)19-15-18-11-6-5-8(20(22)23)7-12(11)24-15/h1-7H,(H,16,17)(H,18,19,21). The molecular weight excluding hydrogens is 330 g/mol. The van der Waals surface area contributed by atoms with E-state index in [9.17, 15) is 14.9 Å². The molecular formula is C15H9N5O3S. The fourth-order valence-corrected chi connectivity index (χ4v) is 3.19. The van der Waals surface area contributed by atoms with Gasteiger partial charge < -0.3 is 4.98 Å². The fraction of sp³-hybridized carbons (Fsp3) is 0. The average Bonchev–Trinajstić information content (AvgIpc) is 3.17. The van der Waals surface area contributed by atoms with Gasteiger partial charge >= 0.3 is 0 Å². The van der Waals surface area contributed by atoms with Gasteiger partial charge in [0, 0.05) is 12.1 Å². The molecule has 0 atom stereocenters. The highest BCUT2D eigenvalue weighted by molar-refractivity contribution is 7.22. The summed E-state index contributed by atoms with van der Waals surface area (Å²) >= 11 is 1.17. The lowest BCUT2D eigenvalue weighted by Crippen LogP contribution is -2.13. The Bertz CT molecular complexity index is 1070. The smallest absolute Gasteiger partial charge is 0.293 e. The van der Waals surface area contributed by atoms with Crippen molar-refractivity contribution in [1.82, 2.24) is 15.0 Å². The maximum absolute atomic E-state index is 12.3. The Morgan fingerprint density at radius 1 is 1.17 bits per heavy atom. The molecule has 2 heterocycles. The fourth-order valence-electron chi connectivity index (χ4n) is 2.30. The number of para-hydroxylation sites is 2. The molecule has 2 aromatic heterocycles. The average molecular weight is 339 g/mol. The molecule has 0 saturated carbocycles. The van der Waals surface area contributed by atoms with Gasteiger partial charge in [-0.2, -0.15) is 0 Å². The molecule has 4 aromatic rings. The van der Waals surface area contributed by atoms with Crippen molar-refractivity contribution in [3.8, 4) is 0 Å². The van der Waals surface area contributed by atoms with Gasteiger partial charge in [0.1, 0.15) is 0 Å². The van der Waals surface area contributed by atoms with E-state index >= 15 is 0 Å². The number of amides is 1. The monoisotopic (exact) mass is 339 g/mol. The van der Waals surface area contributed by atoms with E-state index in [1.165, 1.54) is 23.5 Å². The van der Waals surface area contributed by atoms with Crippen molar-refractivity contribution in [2.24, 2.45) is 0 Å². The van der Waals surface area contributed by atoms with E-state index in [1.54, 1.807) is 12.1 Å². The number of thiazole rings is 1. The molecule has 9 heteroatoms. The second kappa shape index (κ2) is 5.39. The number of H-pyrrole nitrogens is 1. The van der Waals surface area contributed by atoms with Gasteiger partial charge in [0.15, 0.2) is 11.0 Å². The molecule has 0 radical (unpaired) electrons. The van der Waals surface area contributed by atoms with Gasteiger partial charge in [0.25, 0.3) is 11.6 Å². The first kappa shape index (κ1) is 14.3. The van der Waals surface area contributed by atoms with Crippen LogP contribution < -0.4 is 5.32 Å². The highest BCUT2D eigenvalue weighted by Gasteiger charge is 2.15. The quantitative estimate of drug-likeness (QED) is 0.439. The molecule has 118 valence electrons. The zero-order chi connectivity index (χ0) is 16.7. The third-order valence-electron chi connectivity index (χ3n) is 3.41. The molecule has 0 fully saturated rings. The lowest BCUT2D eigenvalue weighted by molar-refractivity contribution is -0.384. The number of nitro groups is 1. The summed E-state index contributed by atoms with van der Waals surface area (Å²) in [6.07, 6.45) is 0. The first-order valence-corrected chi connectivity index (χ1v) is 7.73. The number of fused-ring (bicyclic) bond motifs is 2. The van der Waals surface area contributed by atoms with Crippen molar-refractivity contribution in [3.05, 3.63) is 58.4 Å². The molecule has 8 nitrogen and oxygen atoms in total. The van der Waals surface area contributed by atoms with Crippen LogP contribution >= 0.6 is 11.3 Å². The number of nitro benzene ring substituents is 1. The number of carbonyl (C=O) groups excluding carboxylic acids is 1. The largest absolute Gasteiger partial charge is 0.334 e. The lowest BCUT2D eigenvalue weighted by atomic mass is 10.3. The third kappa shape index (κ3) is 2.46. The van der Waals surface area contributed by atoms with Gasteiger partial charge in [-0.25, -0.2) is 9.97 Å². The van der Waals surface area contributed by atoms with E-state index in [1.807, 2.05) is 18.2 Å². The summed E-state index contributed by atoms with van der Waals surface area (Å²) in [7, 11) is 0. The third-order valence-corrected chi connectivity index (χ3v) is 4.34. The molecule has 0 saturated heterocycles. The molecule has 0 aliphatic rings. The van der Waals surface area contributed by atoms with Crippen LogP contribution in [-0.4, -0.2) is 25.8 Å². The number of nitrogens with one attached hydrogen (secondary N) is 2. The van der Waals surface area contributed by atoms with Crippen molar-refractivity contribution in [2.75, 3.05) is 5.32 Å². The van der Waals surface area contributed by atoms with E-state index in [0.717, 1.165) is 5.52 Å². The molecule has 4 rings (SSSR count). The van der Waals surface area contributed by atoms with Gasteiger partial charge in [-0.05, 0) is 18.2 Å². The number of aromatic amines is 1. The molecule has 0 aliphatic heterocycles. The molecule has 2 N–H and O–H groups in total. The molecule has 0 spiro atoms. The number of hydrogen-bond acceptors (Lipinski definition) is 6. The number of anilines is 1. The highest BCUT2D eigenvalue weighted by atomic mass is 32.1. The molecule has 0 bridgehead atoms. The summed E-state index contributed by atoms with van der Waals surface area (Å²) in [6.45, 7) is 0. The summed E-state index contributed by atoms with van der Waals surface area (Å²) in [6, 6.07) is 11.7. The molecule has 0 aliphatic carbocycles. The first-order valence-electron chi connectivity index (χ1n) is 6.91. The maximum atomic E-state index is 12.3. The summed E-state index contributed by atoms with van der Waals surface area (Å²) in [5.74, 6) is -0.235. The zero-order valence-corrected chi connectivity index (χ0v) is 12.8. The Labute approximate surface area is 138 Å². The van der Waals surface area contributed by atoms with Crippen LogP contribution in [0.4, 0.5) is 10.8 Å². The van der Waals surface area contributed by atoms with Crippen LogP contribution in [-0.2, 0) is 0 Å². The molecule has 2 aromatic carbocycles. The van der Waals surface area contributed by atoms with Crippen LogP contribution in [0.25, 0.3) is 21.3 Å². The van der Waals surface area contributed by atoms with Gasteiger partial charge in [-0.15, -0.1) is 0 Å². The van der Waals surface area contributed by atoms with Crippen molar-refractivity contribution < 1.29 is 9.72 Å². The van der Waals surface area contributed by atoms with E-state index in [0.29, 0.717) is 20.9 Å². The minimum absolute atomic E-state index is 0.0127. The number of rotatable bonds is 3. The Morgan fingerprint density at radius 2 is 2.00 bits per heavy atom. The van der Waals surface area contributed by atoms with Crippen LogP contribution in [0.3, 0.4) is 0 Å². The first-order chi connectivity index (χ1) is 11.6. The van der Waals surface area contributed by atoms with Gasteiger partial charge in [0.2, 0.25) is 0 Å². The number of carbonyl (C=O) groups is 1. The van der Waals surface area contributed by atoms with Crippen molar-refractivity contribution in [1.29, 1.82) is 0 Å². The van der Waals surface area contributed by atoms with Gasteiger partial charge in [0.05, 0.1) is 26.2 Å². The minimum Gasteiger partial charge on any atom is -0.334 e. The Morgan fingerprint density at radius 3 is 2.79 bits per heavy atom. The summed E-state index contributed by atoms with van der Waals surface area (Å²) in [5.41, 5.74) is 2.04. The normalized spacial score (nSPS) is 11.0. The van der Waals surface area contributed by atoms with Crippen LogP contribution in [0, 0.1) is 10.1 Å². The Hall–Kier alpha value is -3.33. The highest BCUT2D eigenvalue weighted by Crippen LogP contribution is 2.29. The predicted molar refractivity (Wildman–Crippen MR) is 90.3 cm³/mol. The zero-order valence-electron chi connectivity index (χ0n) is 12.0. The van der Waals surface area contributed by atoms with E-state index in [2.05, 4.69) is 20.3 Å². The van der Waals surface area contributed by atoms with E-state index < -0.39 is 10.8 Å². The summed E-state index contributed by atoms with van der Waals surface area (Å²) in [5, 5.41) is 13.8. The summed E-state index contributed by atoms with van der Waals surface area (Å²) < 4.78 is 0.629. The Kier molecular flexibility index (Phi) is 3.21. The number of non-ortho nitro benzene ring substituents is 1. The molecule has 0 unspecified atom stereocenters. The predicted octanol–water partition coefficient (Wildman–Crippen LogP) is 3.33. The summed E-state index contributed by atoms with van der Waals surface area (Å²) in [4.78, 5) is 34.0. The van der Waals surface area contributed by atoms with Crippen LogP contribution in [0.1, 0.15) is 10.6 Å². The van der Waals surface area contributed by atoms with Crippen molar-refractivity contribution >= 4 is 49.3 Å². The van der Waals surface area contributed by atoms with Crippen LogP contribution in [0.15, 0.2) is 42.5 Å². The molecule has 1 amide bonds. The number of benzene rings is 2. The van der Waals surface area contributed by atoms with Crippen molar-refractivity contribution in [3.63, 3.8) is 0 Å². The van der Waals surface area contributed by atoms with Gasteiger partial charge in [-0.3, -0.25) is 20.2 Å². The second-order valence-electron chi connectivity index (χ2n) is 4.98. The minimum atomic E-state index is -0.466. The number of hydrogen-bond donors (Lipinski definition) is 2. The maximum Gasteiger partial charge on any atom is 0.293 e.